The van der Waals surface area contributed by atoms with Crippen molar-refractivity contribution < 1.29 is 10.0 Å². The van der Waals surface area contributed by atoms with E-state index in [9.17, 15) is 4.79 Å². The summed E-state index contributed by atoms with van der Waals surface area (Å²) < 4.78 is 0. The van der Waals surface area contributed by atoms with Gasteiger partial charge in [-0.15, -0.1) is 0 Å². The number of carbonyl (C=O) groups is 1. The first-order valence-corrected chi connectivity index (χ1v) is 6.03. The van der Waals surface area contributed by atoms with Gasteiger partial charge in [0, 0.05) is 32.6 Å². The Bertz CT molecular complexity index is 287. The van der Waals surface area contributed by atoms with Gasteiger partial charge in [0.25, 0.3) is 0 Å². The lowest BCUT2D eigenvalue weighted by Crippen LogP contribution is -2.46. The minimum atomic E-state index is -0.140. The fourth-order valence-electron chi connectivity index (χ4n) is 2.01. The van der Waals surface area contributed by atoms with Crippen LogP contribution in [0.25, 0.3) is 0 Å². The average Bonchev–Trinajstić information content (AvgIpc) is 2.37. The molecule has 0 saturated carbocycles. The highest BCUT2D eigenvalue weighted by atomic mass is 16.4. The Morgan fingerprint density at radius 3 is 2.59 bits per heavy atom. The lowest BCUT2D eigenvalue weighted by Gasteiger charge is -2.32. The second kappa shape index (κ2) is 6.32. The second-order valence-electron chi connectivity index (χ2n) is 4.64. The van der Waals surface area contributed by atoms with Gasteiger partial charge in [0.05, 0.1) is 0 Å². The van der Waals surface area contributed by atoms with E-state index in [-0.39, 0.29) is 17.8 Å². The van der Waals surface area contributed by atoms with Gasteiger partial charge in [0.15, 0.2) is 0 Å². The smallest absolute Gasteiger partial charge is 0.319 e. The maximum atomic E-state index is 12.1. The fraction of sp³-hybridized carbons (Fsp3) is 0.818. The molecule has 1 fully saturated rings. The first-order valence-electron chi connectivity index (χ1n) is 6.03. The molecule has 1 aliphatic rings. The van der Waals surface area contributed by atoms with Crippen molar-refractivity contribution in [2.45, 2.75) is 26.2 Å². The third-order valence-electron chi connectivity index (χ3n) is 3.12. The van der Waals surface area contributed by atoms with E-state index in [1.807, 2.05) is 11.8 Å². The summed E-state index contributed by atoms with van der Waals surface area (Å²) in [5.41, 5.74) is 5.49. The highest BCUT2D eigenvalue weighted by molar-refractivity contribution is 5.83. The summed E-state index contributed by atoms with van der Waals surface area (Å²) in [4.78, 5) is 15.5. The van der Waals surface area contributed by atoms with Crippen molar-refractivity contribution in [3.63, 3.8) is 0 Å². The summed E-state index contributed by atoms with van der Waals surface area (Å²) in [6.45, 7) is 3.96. The third kappa shape index (κ3) is 3.80. The lowest BCUT2D eigenvalue weighted by molar-refractivity contribution is 0.150. The highest BCUT2D eigenvalue weighted by Gasteiger charge is 2.22. The van der Waals surface area contributed by atoms with Crippen LogP contribution < -0.4 is 5.73 Å². The van der Waals surface area contributed by atoms with Crippen LogP contribution in [0, 0.1) is 5.92 Å². The first kappa shape index (κ1) is 13.6. The van der Waals surface area contributed by atoms with Crippen LogP contribution in [-0.4, -0.2) is 53.6 Å². The van der Waals surface area contributed by atoms with Crippen molar-refractivity contribution in [3.05, 3.63) is 0 Å². The standard InChI is InChI=1S/C11H22N4O2/c1-9(10(12)13-17)8-14(2)11(16)15-6-4-3-5-7-15/h9,17H,3-8H2,1-2H3,(H2,12,13). The number of oxime groups is 1. The Kier molecular flexibility index (Phi) is 5.06. The zero-order chi connectivity index (χ0) is 12.8. The summed E-state index contributed by atoms with van der Waals surface area (Å²) in [5, 5.41) is 11.5. The molecule has 6 nitrogen and oxygen atoms in total. The van der Waals surface area contributed by atoms with E-state index in [1.54, 1.807) is 11.9 Å². The van der Waals surface area contributed by atoms with Gasteiger partial charge in [-0.25, -0.2) is 4.79 Å². The van der Waals surface area contributed by atoms with Crippen LogP contribution in [0.2, 0.25) is 0 Å². The molecular formula is C11H22N4O2. The average molecular weight is 242 g/mol. The van der Waals surface area contributed by atoms with E-state index in [1.165, 1.54) is 6.42 Å². The predicted octanol–water partition coefficient (Wildman–Crippen LogP) is 0.907. The molecule has 0 aliphatic carbocycles. The number of nitrogens with two attached hydrogens (primary N) is 1. The first-order chi connectivity index (χ1) is 8.06. The van der Waals surface area contributed by atoms with Crippen LogP contribution >= 0.6 is 0 Å². The number of likely N-dealkylation sites (tertiary alicyclic amines) is 1. The molecule has 0 radical (unpaired) electrons. The van der Waals surface area contributed by atoms with E-state index >= 15 is 0 Å². The molecule has 0 aromatic rings. The Morgan fingerprint density at radius 1 is 1.47 bits per heavy atom. The molecule has 1 heterocycles. The lowest BCUT2D eigenvalue weighted by atomic mass is 10.1. The molecule has 2 amide bonds. The summed E-state index contributed by atoms with van der Waals surface area (Å²) in [6, 6.07) is 0.0299. The molecular weight excluding hydrogens is 220 g/mol. The van der Waals surface area contributed by atoms with Gasteiger partial charge in [-0.2, -0.15) is 0 Å². The Balaban J connectivity index is 2.45. The topological polar surface area (TPSA) is 82.2 Å². The van der Waals surface area contributed by atoms with Crippen LogP contribution in [0.5, 0.6) is 0 Å². The summed E-state index contributed by atoms with van der Waals surface area (Å²) >= 11 is 0. The minimum absolute atomic E-state index is 0.0299. The van der Waals surface area contributed by atoms with Crippen molar-refractivity contribution in [1.82, 2.24) is 9.80 Å². The summed E-state index contributed by atoms with van der Waals surface area (Å²) in [6.07, 6.45) is 3.36. The third-order valence-corrected chi connectivity index (χ3v) is 3.12. The van der Waals surface area contributed by atoms with Gasteiger partial charge in [-0.3, -0.25) is 0 Å². The van der Waals surface area contributed by atoms with E-state index in [0.717, 1.165) is 25.9 Å². The number of nitrogens with zero attached hydrogens (tertiary/aromatic N) is 3. The highest BCUT2D eigenvalue weighted by Crippen LogP contribution is 2.11. The van der Waals surface area contributed by atoms with Gasteiger partial charge in [0.1, 0.15) is 5.84 Å². The minimum Gasteiger partial charge on any atom is -0.409 e. The van der Waals surface area contributed by atoms with E-state index in [4.69, 9.17) is 10.9 Å². The number of amidine groups is 1. The summed E-state index contributed by atoms with van der Waals surface area (Å²) in [5.74, 6) is 0.0158. The molecule has 1 unspecified atom stereocenters. The van der Waals surface area contributed by atoms with Crippen molar-refractivity contribution in [2.24, 2.45) is 16.8 Å². The van der Waals surface area contributed by atoms with Crippen molar-refractivity contribution in [3.8, 4) is 0 Å². The number of carbonyl (C=O) groups excluding carboxylic acids is 1. The molecule has 0 aromatic heterocycles. The largest absolute Gasteiger partial charge is 0.409 e. The fourth-order valence-corrected chi connectivity index (χ4v) is 2.01. The molecule has 3 N–H and O–H groups in total. The molecule has 0 bridgehead atoms. The molecule has 6 heteroatoms. The number of hydrogen-bond donors (Lipinski definition) is 2. The second-order valence-corrected chi connectivity index (χ2v) is 4.64. The number of piperidine rings is 1. The van der Waals surface area contributed by atoms with Gasteiger partial charge < -0.3 is 20.7 Å². The molecule has 17 heavy (non-hydrogen) atoms. The van der Waals surface area contributed by atoms with Crippen LogP contribution in [0.3, 0.4) is 0 Å². The van der Waals surface area contributed by atoms with Gasteiger partial charge in [0.2, 0.25) is 0 Å². The van der Waals surface area contributed by atoms with Crippen molar-refractivity contribution >= 4 is 11.9 Å². The monoisotopic (exact) mass is 242 g/mol. The maximum absolute atomic E-state index is 12.1. The molecule has 0 spiro atoms. The molecule has 1 saturated heterocycles. The Labute approximate surface area is 102 Å². The van der Waals surface area contributed by atoms with Crippen molar-refractivity contribution in [2.75, 3.05) is 26.7 Å². The Morgan fingerprint density at radius 2 is 2.06 bits per heavy atom. The van der Waals surface area contributed by atoms with Gasteiger partial charge in [-0.1, -0.05) is 12.1 Å². The number of amides is 2. The summed E-state index contributed by atoms with van der Waals surface area (Å²) in [7, 11) is 1.75. The zero-order valence-corrected chi connectivity index (χ0v) is 10.6. The van der Waals surface area contributed by atoms with Crippen LogP contribution in [0.15, 0.2) is 5.16 Å². The quantitative estimate of drug-likeness (QED) is 0.334. The molecule has 1 aliphatic heterocycles. The van der Waals surface area contributed by atoms with E-state index in [0.29, 0.717) is 6.54 Å². The maximum Gasteiger partial charge on any atom is 0.319 e. The van der Waals surface area contributed by atoms with Crippen molar-refractivity contribution in [1.29, 1.82) is 0 Å². The number of urea groups is 1. The van der Waals surface area contributed by atoms with Crippen LogP contribution in [0.4, 0.5) is 4.79 Å². The normalized spacial score (nSPS) is 18.9. The molecule has 1 rings (SSSR count). The van der Waals surface area contributed by atoms with Crippen LogP contribution in [0.1, 0.15) is 26.2 Å². The molecule has 0 aromatic carbocycles. The number of rotatable bonds is 3. The SMILES string of the molecule is CC(CN(C)C(=O)N1CCCCC1)C(N)=NO. The zero-order valence-electron chi connectivity index (χ0n) is 10.6. The molecule has 98 valence electrons. The van der Waals surface area contributed by atoms with Gasteiger partial charge >= 0.3 is 6.03 Å². The van der Waals surface area contributed by atoms with E-state index < -0.39 is 0 Å². The van der Waals surface area contributed by atoms with Crippen LogP contribution in [-0.2, 0) is 0 Å². The van der Waals surface area contributed by atoms with E-state index in [2.05, 4.69) is 5.16 Å². The van der Waals surface area contributed by atoms with Gasteiger partial charge in [-0.05, 0) is 19.3 Å². The Hall–Kier alpha value is -1.46. The predicted molar refractivity (Wildman–Crippen MR) is 66.0 cm³/mol. The molecule has 1 atom stereocenters. The number of hydrogen-bond acceptors (Lipinski definition) is 3.